The van der Waals surface area contributed by atoms with Crippen molar-refractivity contribution in [1.82, 2.24) is 15.0 Å². The number of nitrogens with zero attached hydrogens (tertiary/aromatic N) is 3. The Morgan fingerprint density at radius 3 is 2.67 bits per heavy atom. The van der Waals surface area contributed by atoms with E-state index in [1.165, 1.54) is 13.0 Å². The van der Waals surface area contributed by atoms with Crippen molar-refractivity contribution in [3.63, 3.8) is 0 Å². The molecule has 8 heteroatoms. The quantitative estimate of drug-likeness (QED) is 0.837. The molecule has 2 aromatic rings. The number of halogens is 3. The van der Waals surface area contributed by atoms with Crippen LogP contribution in [0.1, 0.15) is 52.1 Å². The van der Waals surface area contributed by atoms with Gasteiger partial charge in [0.05, 0.1) is 17.3 Å². The van der Waals surface area contributed by atoms with Gasteiger partial charge in [0.15, 0.2) is 0 Å². The molecule has 0 saturated carbocycles. The van der Waals surface area contributed by atoms with Crippen LogP contribution in [0.4, 0.5) is 13.2 Å². The van der Waals surface area contributed by atoms with E-state index >= 15 is 0 Å². The van der Waals surface area contributed by atoms with Crippen molar-refractivity contribution in [3.8, 4) is 0 Å². The van der Waals surface area contributed by atoms with Crippen molar-refractivity contribution in [2.45, 2.75) is 38.9 Å². The maximum absolute atomic E-state index is 12.8. The highest BCUT2D eigenvalue weighted by Gasteiger charge is 2.36. The van der Waals surface area contributed by atoms with Gasteiger partial charge in [0.1, 0.15) is 17.1 Å². The molecule has 3 rings (SSSR count). The molecular formula is C16H16F3N3O2. The monoisotopic (exact) mass is 339 g/mol. The van der Waals surface area contributed by atoms with Gasteiger partial charge in [-0.05, 0) is 38.8 Å². The van der Waals surface area contributed by atoms with Crippen molar-refractivity contribution in [3.05, 3.63) is 46.6 Å². The number of pyridine rings is 1. The molecular weight excluding hydrogens is 323 g/mol. The van der Waals surface area contributed by atoms with E-state index in [9.17, 15) is 18.0 Å². The number of alkyl halides is 3. The predicted molar refractivity (Wildman–Crippen MR) is 78.2 cm³/mol. The number of aromatic nitrogens is 2. The molecule has 2 aromatic heterocycles. The Morgan fingerprint density at radius 1 is 1.33 bits per heavy atom. The van der Waals surface area contributed by atoms with E-state index in [4.69, 9.17) is 4.52 Å². The maximum atomic E-state index is 12.8. The zero-order chi connectivity index (χ0) is 17.5. The van der Waals surface area contributed by atoms with Gasteiger partial charge in [-0.2, -0.15) is 13.2 Å². The second-order valence-electron chi connectivity index (χ2n) is 5.85. The summed E-state index contributed by atoms with van der Waals surface area (Å²) in [5.74, 6) is 0.313. The van der Waals surface area contributed by atoms with Crippen LogP contribution in [0.25, 0.3) is 0 Å². The van der Waals surface area contributed by atoms with Crippen LogP contribution in [0, 0.1) is 13.8 Å². The van der Waals surface area contributed by atoms with Gasteiger partial charge in [-0.25, -0.2) is 4.98 Å². The fraction of sp³-hybridized carbons (Fsp3) is 0.438. The summed E-state index contributed by atoms with van der Waals surface area (Å²) in [6.07, 6.45) is -2.99. The SMILES string of the molecule is Cc1cc(C2CCCN2C(=O)c2ccc(C(F)(F)F)nc2C)no1. The summed E-state index contributed by atoms with van der Waals surface area (Å²) in [5, 5.41) is 3.96. The lowest BCUT2D eigenvalue weighted by Crippen LogP contribution is -2.31. The average molecular weight is 339 g/mol. The number of carbonyl (C=O) groups excluding carboxylic acids is 1. The molecule has 5 nitrogen and oxygen atoms in total. The van der Waals surface area contributed by atoms with E-state index in [1.807, 2.05) is 0 Å². The van der Waals surface area contributed by atoms with Gasteiger partial charge in [0.2, 0.25) is 0 Å². The van der Waals surface area contributed by atoms with Crippen LogP contribution in [0.15, 0.2) is 22.7 Å². The molecule has 0 spiro atoms. The molecule has 0 bridgehead atoms. The third-order valence-electron chi connectivity index (χ3n) is 4.11. The molecule has 1 amide bonds. The summed E-state index contributed by atoms with van der Waals surface area (Å²) in [5.41, 5.74) is -0.0931. The third-order valence-corrected chi connectivity index (χ3v) is 4.11. The molecule has 1 unspecified atom stereocenters. The second kappa shape index (κ2) is 5.92. The van der Waals surface area contributed by atoms with Crippen LogP contribution in [-0.4, -0.2) is 27.5 Å². The molecule has 0 radical (unpaired) electrons. The zero-order valence-electron chi connectivity index (χ0n) is 13.2. The summed E-state index contributed by atoms with van der Waals surface area (Å²) in [4.78, 5) is 17.9. The molecule has 1 atom stereocenters. The van der Waals surface area contributed by atoms with Gasteiger partial charge < -0.3 is 9.42 Å². The lowest BCUT2D eigenvalue weighted by atomic mass is 10.1. The van der Waals surface area contributed by atoms with E-state index in [1.54, 1.807) is 17.9 Å². The highest BCUT2D eigenvalue weighted by molar-refractivity contribution is 5.95. The van der Waals surface area contributed by atoms with E-state index in [0.29, 0.717) is 18.0 Å². The minimum atomic E-state index is -4.53. The predicted octanol–water partition coefficient (Wildman–Crippen LogP) is 3.68. The average Bonchev–Trinajstić information content (AvgIpc) is 3.13. The molecule has 1 aliphatic heterocycles. The van der Waals surface area contributed by atoms with Gasteiger partial charge in [-0.3, -0.25) is 4.79 Å². The summed E-state index contributed by atoms with van der Waals surface area (Å²) in [6, 6.07) is 3.58. The topological polar surface area (TPSA) is 59.2 Å². The Kier molecular flexibility index (Phi) is 4.06. The van der Waals surface area contributed by atoms with Crippen molar-refractivity contribution >= 4 is 5.91 Å². The molecule has 3 heterocycles. The van der Waals surface area contributed by atoms with Gasteiger partial charge in [0.25, 0.3) is 5.91 Å². The molecule has 1 saturated heterocycles. The third kappa shape index (κ3) is 3.00. The number of likely N-dealkylation sites (tertiary alicyclic amines) is 1. The number of aryl methyl sites for hydroxylation is 2. The van der Waals surface area contributed by atoms with Crippen LogP contribution in [0.2, 0.25) is 0 Å². The first-order chi connectivity index (χ1) is 11.3. The minimum Gasteiger partial charge on any atom is -0.361 e. The van der Waals surface area contributed by atoms with E-state index in [0.717, 1.165) is 18.9 Å². The molecule has 0 aliphatic carbocycles. The summed E-state index contributed by atoms with van der Waals surface area (Å²) < 4.78 is 43.2. The minimum absolute atomic E-state index is 0.0665. The number of hydrogen-bond acceptors (Lipinski definition) is 4. The smallest absolute Gasteiger partial charge is 0.361 e. The first-order valence-electron chi connectivity index (χ1n) is 7.56. The highest BCUT2D eigenvalue weighted by atomic mass is 19.4. The number of hydrogen-bond donors (Lipinski definition) is 0. The van der Waals surface area contributed by atoms with E-state index < -0.39 is 11.9 Å². The molecule has 1 aliphatic rings. The van der Waals surface area contributed by atoms with Gasteiger partial charge >= 0.3 is 6.18 Å². The van der Waals surface area contributed by atoms with Crippen LogP contribution >= 0.6 is 0 Å². The van der Waals surface area contributed by atoms with Crippen molar-refractivity contribution in [2.75, 3.05) is 6.54 Å². The Morgan fingerprint density at radius 2 is 2.08 bits per heavy atom. The number of amides is 1. The van der Waals surface area contributed by atoms with Gasteiger partial charge in [-0.15, -0.1) is 0 Å². The largest absolute Gasteiger partial charge is 0.433 e. The van der Waals surface area contributed by atoms with Crippen LogP contribution < -0.4 is 0 Å². The lowest BCUT2D eigenvalue weighted by molar-refractivity contribution is -0.141. The van der Waals surface area contributed by atoms with E-state index in [2.05, 4.69) is 10.1 Å². The molecule has 0 N–H and O–H groups in total. The summed E-state index contributed by atoms with van der Waals surface area (Å²) in [6.45, 7) is 3.70. The Labute approximate surface area is 136 Å². The van der Waals surface area contributed by atoms with Crippen molar-refractivity contribution in [1.29, 1.82) is 0 Å². The van der Waals surface area contributed by atoms with Crippen molar-refractivity contribution < 1.29 is 22.5 Å². The second-order valence-corrected chi connectivity index (χ2v) is 5.85. The fourth-order valence-electron chi connectivity index (χ4n) is 2.96. The first-order valence-corrected chi connectivity index (χ1v) is 7.56. The lowest BCUT2D eigenvalue weighted by Gasteiger charge is -2.23. The number of carbonyl (C=O) groups is 1. The number of rotatable bonds is 2. The zero-order valence-corrected chi connectivity index (χ0v) is 13.2. The van der Waals surface area contributed by atoms with Crippen LogP contribution in [-0.2, 0) is 6.18 Å². The van der Waals surface area contributed by atoms with Crippen LogP contribution in [0.5, 0.6) is 0 Å². The highest BCUT2D eigenvalue weighted by Crippen LogP contribution is 2.34. The van der Waals surface area contributed by atoms with Gasteiger partial charge in [0, 0.05) is 12.6 Å². The summed E-state index contributed by atoms with van der Waals surface area (Å²) >= 11 is 0. The normalized spacial score (nSPS) is 18.2. The maximum Gasteiger partial charge on any atom is 0.433 e. The molecule has 24 heavy (non-hydrogen) atoms. The van der Waals surface area contributed by atoms with Crippen LogP contribution in [0.3, 0.4) is 0 Å². The summed E-state index contributed by atoms with van der Waals surface area (Å²) in [7, 11) is 0. The first kappa shape index (κ1) is 16.5. The Hall–Kier alpha value is -2.38. The Balaban J connectivity index is 1.88. The standard InChI is InChI=1S/C16H16F3N3O2/c1-9-8-12(21-24-9)13-4-3-7-22(13)15(23)11-5-6-14(16(17,18)19)20-10(11)2/h5-6,8,13H,3-4,7H2,1-2H3. The van der Waals surface area contributed by atoms with Crippen molar-refractivity contribution in [2.24, 2.45) is 0 Å². The Bertz CT molecular complexity index is 770. The molecule has 1 fully saturated rings. The van der Waals surface area contributed by atoms with Gasteiger partial charge in [-0.1, -0.05) is 5.16 Å². The van der Waals surface area contributed by atoms with E-state index in [-0.39, 0.29) is 23.2 Å². The molecule has 0 aromatic carbocycles. The molecule has 128 valence electrons. The fourth-order valence-corrected chi connectivity index (χ4v) is 2.96.